The maximum Gasteiger partial charge on any atom is 0.0105 e. The van der Waals surface area contributed by atoms with E-state index in [-0.39, 0.29) is 0 Å². The summed E-state index contributed by atoms with van der Waals surface area (Å²) in [5.74, 6) is 1.72. The SMILES string of the molecule is CCCCN(CC)CC1CC(C(C)(C)C)CCC1NC. The summed E-state index contributed by atoms with van der Waals surface area (Å²) >= 11 is 0. The van der Waals surface area contributed by atoms with E-state index in [0.717, 1.165) is 17.9 Å². The molecule has 120 valence electrons. The summed E-state index contributed by atoms with van der Waals surface area (Å²) < 4.78 is 0. The summed E-state index contributed by atoms with van der Waals surface area (Å²) in [5, 5.41) is 3.58. The molecule has 3 unspecified atom stereocenters. The second-order valence-electron chi connectivity index (χ2n) is 7.78. The van der Waals surface area contributed by atoms with Crippen molar-refractivity contribution >= 4 is 0 Å². The Hall–Kier alpha value is -0.0800. The first-order chi connectivity index (χ1) is 9.42. The average molecular weight is 283 g/mol. The Kier molecular flexibility index (Phi) is 7.53. The van der Waals surface area contributed by atoms with Crippen molar-refractivity contribution < 1.29 is 0 Å². The highest BCUT2D eigenvalue weighted by Gasteiger charge is 2.35. The minimum absolute atomic E-state index is 0.470. The Balaban J connectivity index is 2.61. The van der Waals surface area contributed by atoms with Crippen molar-refractivity contribution in [2.75, 3.05) is 26.7 Å². The molecule has 2 nitrogen and oxygen atoms in total. The lowest BCUT2D eigenvalue weighted by atomic mass is 9.67. The highest BCUT2D eigenvalue weighted by molar-refractivity contribution is 4.89. The summed E-state index contributed by atoms with van der Waals surface area (Å²) in [5.41, 5.74) is 0.470. The molecule has 1 aliphatic rings. The number of nitrogens with zero attached hydrogens (tertiary/aromatic N) is 1. The molecule has 0 radical (unpaired) electrons. The molecule has 0 bridgehead atoms. The predicted molar refractivity (Wildman–Crippen MR) is 90.2 cm³/mol. The third-order valence-corrected chi connectivity index (χ3v) is 5.35. The third kappa shape index (κ3) is 5.37. The first-order valence-corrected chi connectivity index (χ1v) is 8.81. The van der Waals surface area contributed by atoms with E-state index in [1.807, 2.05) is 0 Å². The summed E-state index contributed by atoms with van der Waals surface area (Å²) in [6.45, 7) is 15.6. The number of rotatable bonds is 7. The van der Waals surface area contributed by atoms with Crippen LogP contribution in [0.1, 0.15) is 66.7 Å². The molecule has 1 saturated carbocycles. The van der Waals surface area contributed by atoms with Gasteiger partial charge >= 0.3 is 0 Å². The Morgan fingerprint density at radius 3 is 2.35 bits per heavy atom. The maximum absolute atomic E-state index is 3.58. The molecule has 1 fully saturated rings. The molecular weight excluding hydrogens is 244 g/mol. The Labute approximate surface area is 127 Å². The van der Waals surface area contributed by atoms with E-state index in [0.29, 0.717) is 5.41 Å². The molecule has 0 aromatic rings. The monoisotopic (exact) mass is 282 g/mol. The van der Waals surface area contributed by atoms with Gasteiger partial charge < -0.3 is 10.2 Å². The second kappa shape index (κ2) is 8.38. The van der Waals surface area contributed by atoms with Crippen LogP contribution in [-0.2, 0) is 0 Å². The van der Waals surface area contributed by atoms with Gasteiger partial charge in [0, 0.05) is 12.6 Å². The zero-order valence-corrected chi connectivity index (χ0v) is 14.8. The first kappa shape index (κ1) is 18.0. The van der Waals surface area contributed by atoms with Gasteiger partial charge in [0.15, 0.2) is 0 Å². The average Bonchev–Trinajstić information content (AvgIpc) is 2.42. The number of hydrogen-bond donors (Lipinski definition) is 1. The molecule has 20 heavy (non-hydrogen) atoms. The van der Waals surface area contributed by atoms with Gasteiger partial charge in [0.05, 0.1) is 0 Å². The summed E-state index contributed by atoms with van der Waals surface area (Å²) in [7, 11) is 2.15. The van der Waals surface area contributed by atoms with Crippen LogP contribution in [0, 0.1) is 17.3 Å². The van der Waals surface area contributed by atoms with Crippen LogP contribution in [0.4, 0.5) is 0 Å². The standard InChI is InChI=1S/C18H38N2/c1-7-9-12-20(8-2)14-15-13-16(18(3,4)5)10-11-17(15)19-6/h15-17,19H,7-14H2,1-6H3. The van der Waals surface area contributed by atoms with Gasteiger partial charge in [-0.3, -0.25) is 0 Å². The van der Waals surface area contributed by atoms with E-state index < -0.39 is 0 Å². The smallest absolute Gasteiger partial charge is 0.0105 e. The third-order valence-electron chi connectivity index (χ3n) is 5.35. The van der Waals surface area contributed by atoms with Gasteiger partial charge in [-0.1, -0.05) is 41.0 Å². The zero-order chi connectivity index (χ0) is 15.2. The molecule has 0 heterocycles. The first-order valence-electron chi connectivity index (χ1n) is 8.81. The van der Waals surface area contributed by atoms with E-state index in [1.54, 1.807) is 0 Å². The molecule has 0 amide bonds. The number of unbranched alkanes of at least 4 members (excludes halogenated alkanes) is 1. The highest BCUT2D eigenvalue weighted by Crippen LogP contribution is 2.40. The van der Waals surface area contributed by atoms with Crippen molar-refractivity contribution in [1.82, 2.24) is 10.2 Å². The van der Waals surface area contributed by atoms with Crippen LogP contribution in [0.15, 0.2) is 0 Å². The van der Waals surface area contributed by atoms with Gasteiger partial charge in [0.2, 0.25) is 0 Å². The molecule has 1 aliphatic carbocycles. The van der Waals surface area contributed by atoms with Crippen LogP contribution in [0.3, 0.4) is 0 Å². The van der Waals surface area contributed by atoms with E-state index in [2.05, 4.69) is 51.9 Å². The molecular formula is C18H38N2. The minimum Gasteiger partial charge on any atom is -0.317 e. The van der Waals surface area contributed by atoms with Crippen LogP contribution >= 0.6 is 0 Å². The van der Waals surface area contributed by atoms with Crippen molar-refractivity contribution in [2.24, 2.45) is 17.3 Å². The fourth-order valence-corrected chi connectivity index (χ4v) is 3.72. The molecule has 3 atom stereocenters. The molecule has 1 N–H and O–H groups in total. The van der Waals surface area contributed by atoms with Gasteiger partial charge in [-0.05, 0) is 63.1 Å². The topological polar surface area (TPSA) is 15.3 Å². The second-order valence-corrected chi connectivity index (χ2v) is 7.78. The van der Waals surface area contributed by atoms with Crippen molar-refractivity contribution in [1.29, 1.82) is 0 Å². The van der Waals surface area contributed by atoms with Crippen LogP contribution in [0.5, 0.6) is 0 Å². The van der Waals surface area contributed by atoms with Gasteiger partial charge in [0.1, 0.15) is 0 Å². The van der Waals surface area contributed by atoms with E-state index in [4.69, 9.17) is 0 Å². The lowest BCUT2D eigenvalue weighted by molar-refractivity contribution is 0.0906. The van der Waals surface area contributed by atoms with Gasteiger partial charge in [-0.25, -0.2) is 0 Å². The van der Waals surface area contributed by atoms with E-state index in [1.165, 1.54) is 51.7 Å². The molecule has 0 aliphatic heterocycles. The van der Waals surface area contributed by atoms with Crippen LogP contribution < -0.4 is 5.32 Å². The lowest BCUT2D eigenvalue weighted by Gasteiger charge is -2.43. The van der Waals surface area contributed by atoms with Crippen LogP contribution in [-0.4, -0.2) is 37.6 Å². The van der Waals surface area contributed by atoms with Crippen molar-refractivity contribution in [3.8, 4) is 0 Å². The largest absolute Gasteiger partial charge is 0.317 e. The van der Waals surface area contributed by atoms with E-state index >= 15 is 0 Å². The normalized spacial score (nSPS) is 28.1. The molecule has 0 aromatic carbocycles. The van der Waals surface area contributed by atoms with Crippen molar-refractivity contribution in [2.45, 2.75) is 72.8 Å². The molecule has 1 rings (SSSR count). The van der Waals surface area contributed by atoms with E-state index in [9.17, 15) is 0 Å². The van der Waals surface area contributed by atoms with Gasteiger partial charge in [-0.15, -0.1) is 0 Å². The molecule has 2 heteroatoms. The fourth-order valence-electron chi connectivity index (χ4n) is 3.72. The van der Waals surface area contributed by atoms with Crippen molar-refractivity contribution in [3.05, 3.63) is 0 Å². The van der Waals surface area contributed by atoms with Gasteiger partial charge in [0.25, 0.3) is 0 Å². The number of hydrogen-bond acceptors (Lipinski definition) is 2. The fraction of sp³-hybridized carbons (Fsp3) is 1.00. The van der Waals surface area contributed by atoms with Crippen LogP contribution in [0.25, 0.3) is 0 Å². The molecule has 0 saturated heterocycles. The molecule has 0 aromatic heterocycles. The van der Waals surface area contributed by atoms with Crippen molar-refractivity contribution in [3.63, 3.8) is 0 Å². The lowest BCUT2D eigenvalue weighted by Crippen LogP contribution is -2.46. The summed E-state index contributed by atoms with van der Waals surface area (Å²) in [4.78, 5) is 2.67. The maximum atomic E-state index is 3.58. The summed E-state index contributed by atoms with van der Waals surface area (Å²) in [6.07, 6.45) is 6.80. The Bertz CT molecular complexity index is 257. The van der Waals surface area contributed by atoms with Gasteiger partial charge in [-0.2, -0.15) is 0 Å². The van der Waals surface area contributed by atoms with Crippen LogP contribution in [0.2, 0.25) is 0 Å². The zero-order valence-electron chi connectivity index (χ0n) is 14.8. The molecule has 0 spiro atoms. The minimum atomic E-state index is 0.470. The summed E-state index contributed by atoms with van der Waals surface area (Å²) in [6, 6.07) is 0.726. The highest BCUT2D eigenvalue weighted by atomic mass is 15.1. The Morgan fingerprint density at radius 2 is 1.85 bits per heavy atom. The Morgan fingerprint density at radius 1 is 1.15 bits per heavy atom. The quantitative estimate of drug-likeness (QED) is 0.754. The predicted octanol–water partition coefficient (Wildman–Crippen LogP) is 4.16. The number of nitrogens with one attached hydrogen (secondary N) is 1.